The maximum atomic E-state index is 11.8. The molecule has 2 amide bonds. The lowest BCUT2D eigenvalue weighted by Crippen LogP contribution is -2.45. The van der Waals surface area contributed by atoms with Crippen molar-refractivity contribution in [3.05, 3.63) is 29.8 Å². The molecule has 1 aromatic rings. The third kappa shape index (κ3) is 6.59. The van der Waals surface area contributed by atoms with Crippen molar-refractivity contribution in [1.29, 1.82) is 0 Å². The highest BCUT2D eigenvalue weighted by molar-refractivity contribution is 5.89. The Morgan fingerprint density at radius 3 is 2.48 bits per heavy atom. The standard InChI is InChI=1S/C18H29N3O2/c1-14-6-8-17(9-7-14)20-18(22)19-10-4-5-11-21-12-15(2)23-16(3)13-21/h6-9,15-16H,4-5,10-13H2,1-3H3,(H2,19,20,22). The highest BCUT2D eigenvalue weighted by Crippen LogP contribution is 2.11. The summed E-state index contributed by atoms with van der Waals surface area (Å²) < 4.78 is 5.73. The lowest BCUT2D eigenvalue weighted by atomic mass is 10.2. The van der Waals surface area contributed by atoms with E-state index < -0.39 is 0 Å². The summed E-state index contributed by atoms with van der Waals surface area (Å²) in [6.45, 7) is 10.1. The summed E-state index contributed by atoms with van der Waals surface area (Å²) in [4.78, 5) is 14.2. The van der Waals surface area contributed by atoms with E-state index in [1.54, 1.807) is 0 Å². The zero-order chi connectivity index (χ0) is 16.7. The molecule has 2 rings (SSSR count). The van der Waals surface area contributed by atoms with Crippen molar-refractivity contribution in [2.75, 3.05) is 31.5 Å². The molecule has 1 heterocycles. The number of urea groups is 1. The Labute approximate surface area is 139 Å². The fraction of sp³-hybridized carbons (Fsp3) is 0.611. The number of hydrogen-bond acceptors (Lipinski definition) is 3. The molecular formula is C18H29N3O2. The molecule has 2 N–H and O–H groups in total. The zero-order valence-electron chi connectivity index (χ0n) is 14.5. The van der Waals surface area contributed by atoms with Gasteiger partial charge in [0.2, 0.25) is 0 Å². The number of amides is 2. The number of morpholine rings is 1. The van der Waals surface area contributed by atoms with Crippen molar-refractivity contribution in [2.45, 2.75) is 45.8 Å². The van der Waals surface area contributed by atoms with Crippen LogP contribution in [-0.4, -0.2) is 49.3 Å². The van der Waals surface area contributed by atoms with Gasteiger partial charge in [0.1, 0.15) is 0 Å². The minimum absolute atomic E-state index is 0.137. The van der Waals surface area contributed by atoms with Crippen LogP contribution in [-0.2, 0) is 4.74 Å². The predicted octanol–water partition coefficient (Wildman–Crippen LogP) is 3.01. The second kappa shape index (κ2) is 8.89. The second-order valence-electron chi connectivity index (χ2n) is 6.47. The summed E-state index contributed by atoms with van der Waals surface area (Å²) in [6, 6.07) is 7.66. The number of hydrogen-bond donors (Lipinski definition) is 2. The summed E-state index contributed by atoms with van der Waals surface area (Å²) in [5, 5.41) is 5.75. The lowest BCUT2D eigenvalue weighted by Gasteiger charge is -2.35. The third-order valence-electron chi connectivity index (χ3n) is 3.99. The molecule has 23 heavy (non-hydrogen) atoms. The number of benzene rings is 1. The average Bonchev–Trinajstić information content (AvgIpc) is 2.48. The molecule has 0 radical (unpaired) electrons. The van der Waals surface area contributed by atoms with Crippen molar-refractivity contribution in [3.63, 3.8) is 0 Å². The highest BCUT2D eigenvalue weighted by atomic mass is 16.5. The van der Waals surface area contributed by atoms with Gasteiger partial charge in [-0.25, -0.2) is 4.79 Å². The van der Waals surface area contributed by atoms with Crippen LogP contribution >= 0.6 is 0 Å². The summed E-state index contributed by atoms with van der Waals surface area (Å²) >= 11 is 0. The molecule has 128 valence electrons. The van der Waals surface area contributed by atoms with Crippen LogP contribution in [0.5, 0.6) is 0 Å². The highest BCUT2D eigenvalue weighted by Gasteiger charge is 2.21. The first kappa shape index (κ1) is 17.8. The summed E-state index contributed by atoms with van der Waals surface area (Å²) in [6.07, 6.45) is 2.71. The predicted molar refractivity (Wildman–Crippen MR) is 93.9 cm³/mol. The number of ether oxygens (including phenoxy) is 1. The fourth-order valence-electron chi connectivity index (χ4n) is 2.94. The van der Waals surface area contributed by atoms with E-state index in [9.17, 15) is 4.79 Å². The lowest BCUT2D eigenvalue weighted by molar-refractivity contribution is -0.0681. The van der Waals surface area contributed by atoms with Crippen molar-refractivity contribution in [1.82, 2.24) is 10.2 Å². The third-order valence-corrected chi connectivity index (χ3v) is 3.99. The molecule has 1 aliphatic rings. The van der Waals surface area contributed by atoms with Crippen molar-refractivity contribution >= 4 is 11.7 Å². The monoisotopic (exact) mass is 319 g/mol. The molecular weight excluding hydrogens is 290 g/mol. The minimum Gasteiger partial charge on any atom is -0.373 e. The van der Waals surface area contributed by atoms with E-state index in [4.69, 9.17) is 4.74 Å². The first-order valence-corrected chi connectivity index (χ1v) is 8.52. The SMILES string of the molecule is Cc1ccc(NC(=O)NCCCCN2CC(C)OC(C)C2)cc1. The number of aryl methyl sites for hydroxylation is 1. The molecule has 5 heteroatoms. The van der Waals surface area contributed by atoms with Crippen LogP contribution in [0.1, 0.15) is 32.3 Å². The molecule has 2 unspecified atom stereocenters. The summed E-state index contributed by atoms with van der Waals surface area (Å²) in [5.41, 5.74) is 2.01. The average molecular weight is 319 g/mol. The molecule has 1 aromatic carbocycles. The van der Waals surface area contributed by atoms with Crippen LogP contribution < -0.4 is 10.6 Å². The van der Waals surface area contributed by atoms with Crippen LogP contribution in [0.2, 0.25) is 0 Å². The smallest absolute Gasteiger partial charge is 0.319 e. The molecule has 0 spiro atoms. The minimum atomic E-state index is -0.137. The first-order chi connectivity index (χ1) is 11.0. The molecule has 5 nitrogen and oxygen atoms in total. The topological polar surface area (TPSA) is 53.6 Å². The van der Waals surface area contributed by atoms with Gasteiger partial charge in [-0.15, -0.1) is 0 Å². The number of rotatable bonds is 6. The maximum Gasteiger partial charge on any atom is 0.319 e. The van der Waals surface area contributed by atoms with Gasteiger partial charge in [0.15, 0.2) is 0 Å². The van der Waals surface area contributed by atoms with E-state index >= 15 is 0 Å². The van der Waals surface area contributed by atoms with Crippen LogP contribution in [0.15, 0.2) is 24.3 Å². The van der Waals surface area contributed by atoms with Gasteiger partial charge in [-0.05, 0) is 52.3 Å². The molecule has 0 aliphatic carbocycles. The molecule has 1 fully saturated rings. The molecule has 1 saturated heterocycles. The van der Waals surface area contributed by atoms with E-state index in [0.29, 0.717) is 18.8 Å². The largest absolute Gasteiger partial charge is 0.373 e. The Balaban J connectivity index is 1.56. The van der Waals surface area contributed by atoms with E-state index in [1.165, 1.54) is 5.56 Å². The Bertz CT molecular complexity index is 480. The van der Waals surface area contributed by atoms with E-state index in [-0.39, 0.29) is 6.03 Å². The van der Waals surface area contributed by atoms with Gasteiger partial charge < -0.3 is 15.4 Å². The quantitative estimate of drug-likeness (QED) is 0.793. The number of carbonyl (C=O) groups is 1. The van der Waals surface area contributed by atoms with Crippen LogP contribution in [0.25, 0.3) is 0 Å². The Morgan fingerprint density at radius 1 is 1.17 bits per heavy atom. The van der Waals surface area contributed by atoms with Gasteiger partial charge in [-0.2, -0.15) is 0 Å². The van der Waals surface area contributed by atoms with E-state index in [0.717, 1.165) is 38.2 Å². The zero-order valence-corrected chi connectivity index (χ0v) is 14.5. The Morgan fingerprint density at radius 2 is 1.83 bits per heavy atom. The van der Waals surface area contributed by atoms with Gasteiger partial charge in [0.05, 0.1) is 12.2 Å². The number of nitrogens with zero attached hydrogens (tertiary/aromatic N) is 1. The van der Waals surface area contributed by atoms with Crippen molar-refractivity contribution in [3.8, 4) is 0 Å². The number of unbranched alkanes of at least 4 members (excludes halogenated alkanes) is 1. The van der Waals surface area contributed by atoms with Gasteiger partial charge in [-0.1, -0.05) is 17.7 Å². The molecule has 2 atom stereocenters. The Kier molecular flexibility index (Phi) is 6.86. The van der Waals surface area contributed by atoms with Gasteiger partial charge in [0, 0.05) is 25.3 Å². The van der Waals surface area contributed by atoms with Crippen LogP contribution in [0.3, 0.4) is 0 Å². The number of carbonyl (C=O) groups excluding carboxylic acids is 1. The second-order valence-corrected chi connectivity index (χ2v) is 6.47. The van der Waals surface area contributed by atoms with Crippen LogP contribution in [0.4, 0.5) is 10.5 Å². The van der Waals surface area contributed by atoms with Crippen molar-refractivity contribution in [2.24, 2.45) is 0 Å². The molecule has 1 aliphatic heterocycles. The molecule has 0 aromatic heterocycles. The van der Waals surface area contributed by atoms with Crippen LogP contribution in [0, 0.1) is 6.92 Å². The van der Waals surface area contributed by atoms with Gasteiger partial charge in [0.25, 0.3) is 0 Å². The Hall–Kier alpha value is -1.59. The molecule has 0 bridgehead atoms. The number of nitrogens with one attached hydrogen (secondary N) is 2. The first-order valence-electron chi connectivity index (χ1n) is 8.52. The summed E-state index contributed by atoms with van der Waals surface area (Å²) in [5.74, 6) is 0. The summed E-state index contributed by atoms with van der Waals surface area (Å²) in [7, 11) is 0. The molecule has 0 saturated carbocycles. The fourth-order valence-corrected chi connectivity index (χ4v) is 2.94. The van der Waals surface area contributed by atoms with E-state index in [2.05, 4.69) is 29.4 Å². The van der Waals surface area contributed by atoms with Gasteiger partial charge in [-0.3, -0.25) is 4.90 Å². The van der Waals surface area contributed by atoms with E-state index in [1.807, 2.05) is 31.2 Å². The number of anilines is 1. The maximum absolute atomic E-state index is 11.8. The van der Waals surface area contributed by atoms with Crippen molar-refractivity contribution < 1.29 is 9.53 Å². The van der Waals surface area contributed by atoms with Gasteiger partial charge >= 0.3 is 6.03 Å². The normalized spacial score (nSPS) is 21.9.